The molecule has 0 bridgehead atoms. The zero-order chi connectivity index (χ0) is 19.4. The Bertz CT molecular complexity index is 757. The van der Waals surface area contributed by atoms with Crippen molar-refractivity contribution in [3.8, 4) is 6.07 Å². The summed E-state index contributed by atoms with van der Waals surface area (Å²) in [6.07, 6.45) is 2.74. The number of rotatable bonds is 4. The van der Waals surface area contributed by atoms with E-state index in [-0.39, 0.29) is 24.3 Å². The summed E-state index contributed by atoms with van der Waals surface area (Å²) >= 11 is 11.8. The Labute approximate surface area is 169 Å². The number of nitrogens with one attached hydrogen (secondary N) is 1. The third kappa shape index (κ3) is 4.92. The Morgan fingerprint density at radius 1 is 1.15 bits per heavy atom. The van der Waals surface area contributed by atoms with E-state index in [1.807, 2.05) is 0 Å². The molecule has 1 unspecified atom stereocenters. The topological polar surface area (TPSA) is 76.4 Å². The lowest BCUT2D eigenvalue weighted by molar-refractivity contribution is -0.129. The summed E-state index contributed by atoms with van der Waals surface area (Å²) in [4.78, 5) is 28.8. The number of amides is 2. The zero-order valence-corrected chi connectivity index (χ0v) is 16.5. The molecule has 2 aliphatic heterocycles. The number of halogens is 2. The highest BCUT2D eigenvalue weighted by molar-refractivity contribution is 6.42. The van der Waals surface area contributed by atoms with E-state index in [1.165, 1.54) is 6.07 Å². The van der Waals surface area contributed by atoms with Crippen LogP contribution in [0.1, 0.15) is 29.6 Å². The lowest BCUT2D eigenvalue weighted by atomic mass is 9.97. The van der Waals surface area contributed by atoms with Crippen LogP contribution < -0.4 is 5.32 Å². The molecule has 2 fully saturated rings. The van der Waals surface area contributed by atoms with Crippen LogP contribution in [0.2, 0.25) is 10.0 Å². The van der Waals surface area contributed by atoms with Gasteiger partial charge in [0.25, 0.3) is 5.91 Å². The van der Waals surface area contributed by atoms with E-state index < -0.39 is 0 Å². The van der Waals surface area contributed by atoms with Gasteiger partial charge in [0.15, 0.2) is 0 Å². The maximum atomic E-state index is 12.4. The number of piperidine rings is 1. The second-order valence-electron chi connectivity index (χ2n) is 7.03. The number of nitriles is 1. The number of likely N-dealkylation sites (tertiary alicyclic amines) is 2. The van der Waals surface area contributed by atoms with E-state index in [9.17, 15) is 9.59 Å². The Balaban J connectivity index is 1.46. The lowest BCUT2D eigenvalue weighted by Crippen LogP contribution is -2.44. The van der Waals surface area contributed by atoms with Gasteiger partial charge in [-0.3, -0.25) is 14.5 Å². The van der Waals surface area contributed by atoms with Crippen LogP contribution in [-0.2, 0) is 4.79 Å². The van der Waals surface area contributed by atoms with Gasteiger partial charge in [0.1, 0.15) is 0 Å². The van der Waals surface area contributed by atoms with E-state index in [0.717, 1.165) is 32.4 Å². The summed E-state index contributed by atoms with van der Waals surface area (Å²) in [6, 6.07) is 7.31. The van der Waals surface area contributed by atoms with Crippen molar-refractivity contribution < 1.29 is 9.59 Å². The fraction of sp³-hybridized carbons (Fsp3) is 0.526. The number of carbonyl (C=O) groups is 2. The molecule has 2 amide bonds. The van der Waals surface area contributed by atoms with Gasteiger partial charge < -0.3 is 10.2 Å². The van der Waals surface area contributed by atoms with Crippen LogP contribution in [0.15, 0.2) is 18.2 Å². The molecule has 2 aliphatic rings. The minimum Gasteiger partial charge on any atom is -0.343 e. The van der Waals surface area contributed by atoms with Crippen molar-refractivity contribution in [2.45, 2.75) is 25.3 Å². The first-order chi connectivity index (χ1) is 13.0. The normalized spacial score (nSPS) is 21.1. The first-order valence-corrected chi connectivity index (χ1v) is 9.88. The number of hydrogen-bond donors (Lipinski definition) is 1. The van der Waals surface area contributed by atoms with Crippen LogP contribution >= 0.6 is 23.2 Å². The van der Waals surface area contributed by atoms with Crippen molar-refractivity contribution in [2.75, 3.05) is 32.7 Å². The standard InChI is InChI=1S/C19H22Cl2N4O2/c20-16-2-1-14(9-17(16)21)19(27)23-11-18(26)25-8-5-15(12-25)24-6-3-13(10-22)4-7-24/h1-2,9,13,15H,3-8,11-12H2,(H,23,27). The van der Waals surface area contributed by atoms with E-state index >= 15 is 0 Å². The predicted octanol–water partition coefficient (Wildman–Crippen LogP) is 2.56. The minimum atomic E-state index is -0.351. The van der Waals surface area contributed by atoms with Crippen molar-refractivity contribution in [3.05, 3.63) is 33.8 Å². The molecule has 1 N–H and O–H groups in total. The minimum absolute atomic E-state index is 0.0394. The fourth-order valence-corrected chi connectivity index (χ4v) is 3.97. The van der Waals surface area contributed by atoms with Crippen LogP contribution in [0.4, 0.5) is 0 Å². The first-order valence-electron chi connectivity index (χ1n) is 9.12. The molecule has 1 aromatic carbocycles. The summed E-state index contributed by atoms with van der Waals surface area (Å²) < 4.78 is 0. The summed E-state index contributed by atoms with van der Waals surface area (Å²) in [5, 5.41) is 12.3. The second kappa shape index (κ2) is 8.92. The molecular formula is C19H22Cl2N4O2. The summed E-state index contributed by atoms with van der Waals surface area (Å²) in [5.74, 6) is -0.272. The van der Waals surface area contributed by atoms with Gasteiger partial charge in [-0.1, -0.05) is 23.2 Å². The summed E-state index contributed by atoms with van der Waals surface area (Å²) in [5.41, 5.74) is 0.372. The Morgan fingerprint density at radius 3 is 2.56 bits per heavy atom. The SMILES string of the molecule is N#CC1CCN(C2CCN(C(=O)CNC(=O)c3ccc(Cl)c(Cl)c3)C2)CC1. The first kappa shape index (κ1) is 19.9. The number of carbonyl (C=O) groups excluding carboxylic acids is 2. The van der Waals surface area contributed by atoms with Gasteiger partial charge in [0.2, 0.25) is 5.91 Å². The van der Waals surface area contributed by atoms with Crippen LogP contribution in [0.3, 0.4) is 0 Å². The second-order valence-corrected chi connectivity index (χ2v) is 7.85. The quantitative estimate of drug-likeness (QED) is 0.830. The number of nitrogens with zero attached hydrogens (tertiary/aromatic N) is 3. The highest BCUT2D eigenvalue weighted by Gasteiger charge is 2.32. The third-order valence-electron chi connectivity index (χ3n) is 5.33. The average Bonchev–Trinajstić information content (AvgIpc) is 3.18. The molecule has 0 saturated carbocycles. The van der Waals surface area contributed by atoms with Crippen molar-refractivity contribution >= 4 is 35.0 Å². The largest absolute Gasteiger partial charge is 0.343 e. The highest BCUT2D eigenvalue weighted by Crippen LogP contribution is 2.24. The monoisotopic (exact) mass is 408 g/mol. The maximum Gasteiger partial charge on any atom is 0.251 e. The van der Waals surface area contributed by atoms with Gasteiger partial charge in [0.05, 0.1) is 22.7 Å². The highest BCUT2D eigenvalue weighted by atomic mass is 35.5. The van der Waals surface area contributed by atoms with E-state index in [4.69, 9.17) is 28.5 Å². The molecule has 2 saturated heterocycles. The zero-order valence-electron chi connectivity index (χ0n) is 15.0. The van der Waals surface area contributed by atoms with Gasteiger partial charge in [-0.15, -0.1) is 0 Å². The number of hydrogen-bond acceptors (Lipinski definition) is 4. The maximum absolute atomic E-state index is 12.4. The molecule has 3 rings (SSSR count). The number of benzene rings is 1. The third-order valence-corrected chi connectivity index (χ3v) is 6.07. The van der Waals surface area contributed by atoms with Gasteiger partial charge in [-0.2, -0.15) is 5.26 Å². The predicted molar refractivity (Wildman–Crippen MR) is 104 cm³/mol. The molecular weight excluding hydrogens is 387 g/mol. The molecule has 8 heteroatoms. The van der Waals surface area contributed by atoms with E-state index in [0.29, 0.717) is 34.7 Å². The summed E-state index contributed by atoms with van der Waals surface area (Å²) in [7, 11) is 0. The molecule has 0 aromatic heterocycles. The Hall–Kier alpha value is -1.81. The molecule has 144 valence electrons. The molecule has 1 atom stereocenters. The average molecular weight is 409 g/mol. The molecule has 2 heterocycles. The van der Waals surface area contributed by atoms with Crippen LogP contribution in [0.25, 0.3) is 0 Å². The van der Waals surface area contributed by atoms with Crippen LogP contribution in [-0.4, -0.2) is 60.4 Å². The van der Waals surface area contributed by atoms with Crippen molar-refractivity contribution in [2.24, 2.45) is 5.92 Å². The molecule has 1 aromatic rings. The van der Waals surface area contributed by atoms with E-state index in [2.05, 4.69) is 16.3 Å². The van der Waals surface area contributed by atoms with Gasteiger partial charge >= 0.3 is 0 Å². The molecule has 0 radical (unpaired) electrons. The Morgan fingerprint density at radius 2 is 1.89 bits per heavy atom. The van der Waals surface area contributed by atoms with Gasteiger partial charge in [-0.05, 0) is 50.6 Å². The lowest BCUT2D eigenvalue weighted by Gasteiger charge is -2.33. The van der Waals surface area contributed by atoms with Gasteiger partial charge in [-0.25, -0.2) is 0 Å². The molecule has 0 spiro atoms. The van der Waals surface area contributed by atoms with Crippen LogP contribution in [0.5, 0.6) is 0 Å². The Kier molecular flexibility index (Phi) is 6.59. The summed E-state index contributed by atoms with van der Waals surface area (Å²) in [6.45, 7) is 3.17. The fourth-order valence-electron chi connectivity index (χ4n) is 3.67. The van der Waals surface area contributed by atoms with Gasteiger partial charge in [0, 0.05) is 30.6 Å². The van der Waals surface area contributed by atoms with Crippen molar-refractivity contribution in [3.63, 3.8) is 0 Å². The molecule has 0 aliphatic carbocycles. The van der Waals surface area contributed by atoms with E-state index in [1.54, 1.807) is 17.0 Å². The van der Waals surface area contributed by atoms with Crippen molar-refractivity contribution in [1.29, 1.82) is 5.26 Å². The molecule has 27 heavy (non-hydrogen) atoms. The van der Waals surface area contributed by atoms with Crippen molar-refractivity contribution in [1.82, 2.24) is 15.1 Å². The van der Waals surface area contributed by atoms with Crippen LogP contribution in [0, 0.1) is 17.2 Å². The smallest absolute Gasteiger partial charge is 0.251 e. The molecule has 6 nitrogen and oxygen atoms in total.